The Hall–Kier alpha value is -1.87. The van der Waals surface area contributed by atoms with Crippen LogP contribution in [0.2, 0.25) is 5.02 Å². The molecule has 0 aliphatic rings. The van der Waals surface area contributed by atoms with E-state index in [4.69, 9.17) is 16.3 Å². The first-order chi connectivity index (χ1) is 10.0. The number of carbonyl (C=O) groups is 1. The molecule has 2 rings (SSSR count). The van der Waals surface area contributed by atoms with Crippen LogP contribution in [0.15, 0.2) is 42.5 Å². The Morgan fingerprint density at radius 2 is 1.81 bits per heavy atom. The van der Waals surface area contributed by atoms with Crippen molar-refractivity contribution < 1.29 is 13.9 Å². The third-order valence-corrected chi connectivity index (χ3v) is 3.37. The van der Waals surface area contributed by atoms with E-state index in [-0.39, 0.29) is 10.8 Å². The van der Waals surface area contributed by atoms with Crippen molar-refractivity contribution in [1.82, 2.24) is 0 Å². The predicted octanol–water partition coefficient (Wildman–Crippen LogP) is 4.58. The summed E-state index contributed by atoms with van der Waals surface area (Å²) in [5.41, 5.74) is 1.91. The van der Waals surface area contributed by atoms with E-state index >= 15 is 0 Å². The number of Topliss-reactive ketones (excluding diaryl/α,β-unsaturated/α-hetero) is 1. The minimum absolute atomic E-state index is 0.0932. The summed E-state index contributed by atoms with van der Waals surface area (Å²) in [6, 6.07) is 12.1. The van der Waals surface area contributed by atoms with Crippen LogP contribution in [0.4, 0.5) is 4.39 Å². The number of rotatable bonds is 6. The Morgan fingerprint density at radius 1 is 1.14 bits per heavy atom. The normalized spacial score (nSPS) is 10.4. The van der Waals surface area contributed by atoms with Crippen LogP contribution in [-0.2, 0) is 17.8 Å². The first-order valence-electron chi connectivity index (χ1n) is 6.69. The standard InChI is InChI=1S/C17H16ClFO2/c1-12(20)2-3-13-4-7-15(8-5-13)21-11-14-6-9-17(19)16(18)10-14/h4-10H,2-3,11H2,1H3. The molecule has 2 aromatic carbocycles. The second-order valence-electron chi connectivity index (χ2n) is 4.88. The zero-order valence-corrected chi connectivity index (χ0v) is 12.5. The van der Waals surface area contributed by atoms with Gasteiger partial charge in [-0.3, -0.25) is 0 Å². The van der Waals surface area contributed by atoms with Crippen LogP contribution in [0.5, 0.6) is 5.75 Å². The highest BCUT2D eigenvalue weighted by atomic mass is 35.5. The summed E-state index contributed by atoms with van der Waals surface area (Å²) in [5, 5.41) is 0.0932. The molecule has 0 atom stereocenters. The SMILES string of the molecule is CC(=O)CCc1ccc(OCc2ccc(F)c(Cl)c2)cc1. The van der Waals surface area contributed by atoms with Gasteiger partial charge >= 0.3 is 0 Å². The van der Waals surface area contributed by atoms with Crippen molar-refractivity contribution in [3.05, 3.63) is 64.4 Å². The van der Waals surface area contributed by atoms with Gasteiger partial charge in [0.1, 0.15) is 24.0 Å². The molecule has 0 spiro atoms. The Kier molecular flexibility index (Phi) is 5.34. The highest BCUT2D eigenvalue weighted by molar-refractivity contribution is 6.30. The van der Waals surface area contributed by atoms with Crippen LogP contribution in [0.25, 0.3) is 0 Å². The van der Waals surface area contributed by atoms with Gasteiger partial charge in [0.2, 0.25) is 0 Å². The van der Waals surface area contributed by atoms with E-state index in [0.29, 0.717) is 13.0 Å². The van der Waals surface area contributed by atoms with Gasteiger partial charge in [-0.2, -0.15) is 0 Å². The fourth-order valence-electron chi connectivity index (χ4n) is 1.87. The third-order valence-electron chi connectivity index (χ3n) is 3.08. The molecule has 4 heteroatoms. The van der Waals surface area contributed by atoms with Crippen LogP contribution in [0.1, 0.15) is 24.5 Å². The molecule has 2 nitrogen and oxygen atoms in total. The lowest BCUT2D eigenvalue weighted by molar-refractivity contribution is -0.116. The largest absolute Gasteiger partial charge is 0.489 e. The molecule has 0 bridgehead atoms. The second-order valence-corrected chi connectivity index (χ2v) is 5.29. The molecule has 2 aromatic rings. The molecule has 0 aliphatic carbocycles. The molecular formula is C17H16ClFO2. The van der Waals surface area contributed by atoms with Crippen molar-refractivity contribution in [2.75, 3.05) is 0 Å². The van der Waals surface area contributed by atoms with Gasteiger partial charge < -0.3 is 9.53 Å². The molecule has 110 valence electrons. The van der Waals surface area contributed by atoms with E-state index in [0.717, 1.165) is 23.3 Å². The first kappa shape index (κ1) is 15.5. The van der Waals surface area contributed by atoms with E-state index < -0.39 is 5.82 Å². The molecule has 21 heavy (non-hydrogen) atoms. The number of ketones is 1. The molecular weight excluding hydrogens is 291 g/mol. The van der Waals surface area contributed by atoms with Crippen molar-refractivity contribution >= 4 is 17.4 Å². The Morgan fingerprint density at radius 3 is 2.43 bits per heavy atom. The summed E-state index contributed by atoms with van der Waals surface area (Å²) in [5.74, 6) is 0.473. The molecule has 0 aliphatic heterocycles. The molecule has 0 N–H and O–H groups in total. The second kappa shape index (κ2) is 7.23. The zero-order valence-electron chi connectivity index (χ0n) is 11.7. The fraction of sp³-hybridized carbons (Fsp3) is 0.235. The summed E-state index contributed by atoms with van der Waals surface area (Å²) in [6.07, 6.45) is 1.29. The zero-order chi connectivity index (χ0) is 15.2. The van der Waals surface area contributed by atoms with E-state index in [2.05, 4.69) is 0 Å². The summed E-state index contributed by atoms with van der Waals surface area (Å²) in [6.45, 7) is 1.91. The average molecular weight is 307 g/mol. The maximum atomic E-state index is 13.0. The van der Waals surface area contributed by atoms with Gasteiger partial charge in [-0.15, -0.1) is 0 Å². The van der Waals surface area contributed by atoms with Gasteiger partial charge in [0, 0.05) is 6.42 Å². The van der Waals surface area contributed by atoms with Crippen LogP contribution in [0.3, 0.4) is 0 Å². The smallest absolute Gasteiger partial charge is 0.141 e. The minimum Gasteiger partial charge on any atom is -0.489 e. The van der Waals surface area contributed by atoms with Gasteiger partial charge in [-0.05, 0) is 48.7 Å². The van der Waals surface area contributed by atoms with Crippen molar-refractivity contribution in [3.8, 4) is 5.75 Å². The molecule has 0 fully saturated rings. The van der Waals surface area contributed by atoms with E-state index in [1.54, 1.807) is 19.1 Å². The third kappa shape index (κ3) is 4.87. The van der Waals surface area contributed by atoms with Crippen molar-refractivity contribution in [3.63, 3.8) is 0 Å². The molecule has 0 amide bonds. The van der Waals surface area contributed by atoms with Crippen molar-refractivity contribution in [2.24, 2.45) is 0 Å². The van der Waals surface area contributed by atoms with Crippen LogP contribution in [0, 0.1) is 5.82 Å². The number of benzene rings is 2. The highest BCUT2D eigenvalue weighted by Crippen LogP contribution is 2.19. The Labute approximate surface area is 128 Å². The fourth-order valence-corrected chi connectivity index (χ4v) is 2.07. The molecule has 0 radical (unpaired) electrons. The van der Waals surface area contributed by atoms with Gasteiger partial charge in [0.25, 0.3) is 0 Å². The molecule has 0 aromatic heterocycles. The molecule has 0 saturated carbocycles. The topological polar surface area (TPSA) is 26.3 Å². The minimum atomic E-state index is -0.435. The summed E-state index contributed by atoms with van der Waals surface area (Å²) < 4.78 is 18.7. The van der Waals surface area contributed by atoms with E-state index in [9.17, 15) is 9.18 Å². The van der Waals surface area contributed by atoms with Gasteiger partial charge in [0.15, 0.2) is 0 Å². The van der Waals surface area contributed by atoms with Crippen LogP contribution >= 0.6 is 11.6 Å². The predicted molar refractivity (Wildman–Crippen MR) is 81.2 cm³/mol. The number of carbonyl (C=O) groups excluding carboxylic acids is 1. The lowest BCUT2D eigenvalue weighted by Crippen LogP contribution is -1.97. The monoisotopic (exact) mass is 306 g/mol. The van der Waals surface area contributed by atoms with Crippen molar-refractivity contribution in [1.29, 1.82) is 0 Å². The highest BCUT2D eigenvalue weighted by Gasteiger charge is 2.02. The van der Waals surface area contributed by atoms with Crippen LogP contribution < -0.4 is 4.74 Å². The van der Waals surface area contributed by atoms with Crippen molar-refractivity contribution in [2.45, 2.75) is 26.4 Å². The van der Waals surface area contributed by atoms with Gasteiger partial charge in [0.05, 0.1) is 5.02 Å². The van der Waals surface area contributed by atoms with E-state index in [1.165, 1.54) is 6.07 Å². The van der Waals surface area contributed by atoms with E-state index in [1.807, 2.05) is 24.3 Å². The molecule has 0 saturated heterocycles. The number of hydrogen-bond acceptors (Lipinski definition) is 2. The van der Waals surface area contributed by atoms with Gasteiger partial charge in [-0.1, -0.05) is 29.8 Å². The Bertz CT molecular complexity index is 623. The number of halogens is 2. The Balaban J connectivity index is 1.91. The summed E-state index contributed by atoms with van der Waals surface area (Å²) in [4.78, 5) is 10.9. The summed E-state index contributed by atoms with van der Waals surface area (Å²) >= 11 is 5.72. The van der Waals surface area contributed by atoms with Gasteiger partial charge in [-0.25, -0.2) is 4.39 Å². The number of ether oxygens (including phenoxy) is 1. The summed E-state index contributed by atoms with van der Waals surface area (Å²) in [7, 11) is 0. The lowest BCUT2D eigenvalue weighted by Gasteiger charge is -2.08. The quantitative estimate of drug-likeness (QED) is 0.781. The number of aryl methyl sites for hydroxylation is 1. The first-order valence-corrected chi connectivity index (χ1v) is 7.07. The molecule has 0 unspecified atom stereocenters. The maximum Gasteiger partial charge on any atom is 0.141 e. The maximum absolute atomic E-state index is 13.0. The average Bonchev–Trinajstić information content (AvgIpc) is 2.47. The van der Waals surface area contributed by atoms with Crippen LogP contribution in [-0.4, -0.2) is 5.78 Å². The number of hydrogen-bond donors (Lipinski definition) is 0. The molecule has 0 heterocycles. The lowest BCUT2D eigenvalue weighted by atomic mass is 10.1.